The number of hydrogen-bond donors (Lipinski definition) is 3. The number of carboxylic acids is 1. The van der Waals surface area contributed by atoms with Crippen LogP contribution in [0.5, 0.6) is 0 Å². The lowest BCUT2D eigenvalue weighted by atomic mass is 10.2. The molecule has 0 aromatic heterocycles. The fraction of sp³-hybridized carbons (Fsp3) is 0.700. The molecule has 0 spiro atoms. The molecular weight excluding hydrogens is 242 g/mol. The lowest BCUT2D eigenvalue weighted by Gasteiger charge is -2.31. The smallest absolute Gasteiger partial charge is 0.334 e. The van der Waals surface area contributed by atoms with Crippen LogP contribution in [0.3, 0.4) is 0 Å². The molecule has 1 rings (SSSR count). The second kappa shape index (κ2) is 6.20. The summed E-state index contributed by atoms with van der Waals surface area (Å²) in [5.41, 5.74) is 5.01. The van der Waals surface area contributed by atoms with Crippen LogP contribution in [0.4, 0.5) is 4.79 Å². The summed E-state index contributed by atoms with van der Waals surface area (Å²) < 4.78 is 4.99. The number of carboxylic acid groups (broad SMARTS) is 1. The quantitative estimate of drug-likeness (QED) is 0.582. The molecule has 0 bridgehead atoms. The Morgan fingerprint density at radius 1 is 1.56 bits per heavy atom. The average Bonchev–Trinajstić information content (AvgIpc) is 2.27. The van der Waals surface area contributed by atoms with Crippen LogP contribution in [0.2, 0.25) is 0 Å². The first-order chi connectivity index (χ1) is 8.40. The Balaban J connectivity index is 2.46. The first-order valence-corrected chi connectivity index (χ1v) is 5.58. The lowest BCUT2D eigenvalue weighted by Crippen LogP contribution is -2.53. The first kappa shape index (κ1) is 14.2. The normalized spacial score (nSPS) is 21.2. The number of nitrogens with one attached hydrogen (secondary N) is 1. The molecule has 4 N–H and O–H groups in total. The summed E-state index contributed by atoms with van der Waals surface area (Å²) in [5.74, 6) is -1.61. The van der Waals surface area contributed by atoms with Gasteiger partial charge in [0.1, 0.15) is 0 Å². The molecule has 0 saturated carbocycles. The molecule has 0 aromatic rings. The van der Waals surface area contributed by atoms with Crippen LogP contribution in [0.25, 0.3) is 0 Å². The number of carbonyl (C=O) groups excluding carboxylic acids is 2. The molecule has 1 fully saturated rings. The van der Waals surface area contributed by atoms with Crippen molar-refractivity contribution in [2.45, 2.75) is 25.5 Å². The van der Waals surface area contributed by atoms with Crippen molar-refractivity contribution >= 4 is 17.9 Å². The topological polar surface area (TPSA) is 122 Å². The molecule has 1 aliphatic rings. The van der Waals surface area contributed by atoms with Crippen LogP contribution in [0.1, 0.15) is 13.3 Å². The summed E-state index contributed by atoms with van der Waals surface area (Å²) in [5, 5.41) is 11.4. The van der Waals surface area contributed by atoms with E-state index < -0.39 is 24.0 Å². The predicted octanol–water partition coefficient (Wildman–Crippen LogP) is -1.25. The van der Waals surface area contributed by atoms with Gasteiger partial charge in [0.15, 0.2) is 6.10 Å². The second-order valence-corrected chi connectivity index (χ2v) is 4.16. The molecule has 0 aliphatic carbocycles. The Morgan fingerprint density at radius 3 is 2.78 bits per heavy atom. The highest BCUT2D eigenvalue weighted by molar-refractivity contribution is 5.79. The van der Waals surface area contributed by atoms with Crippen LogP contribution in [-0.4, -0.2) is 59.8 Å². The van der Waals surface area contributed by atoms with E-state index in [4.69, 9.17) is 15.6 Å². The van der Waals surface area contributed by atoms with E-state index in [9.17, 15) is 14.4 Å². The van der Waals surface area contributed by atoms with Gasteiger partial charge in [-0.3, -0.25) is 4.79 Å². The zero-order chi connectivity index (χ0) is 13.7. The van der Waals surface area contributed by atoms with Crippen LogP contribution < -0.4 is 11.1 Å². The third kappa shape index (κ3) is 4.21. The average molecular weight is 259 g/mol. The van der Waals surface area contributed by atoms with Gasteiger partial charge in [0.05, 0.1) is 13.2 Å². The van der Waals surface area contributed by atoms with E-state index >= 15 is 0 Å². The Labute approximate surface area is 104 Å². The van der Waals surface area contributed by atoms with Gasteiger partial charge in [-0.25, -0.2) is 9.59 Å². The summed E-state index contributed by atoms with van der Waals surface area (Å²) >= 11 is 0. The van der Waals surface area contributed by atoms with E-state index in [0.29, 0.717) is 6.54 Å². The minimum absolute atomic E-state index is 0.00947. The van der Waals surface area contributed by atoms with E-state index in [1.807, 2.05) is 0 Å². The number of hydrogen-bond acceptors (Lipinski definition) is 4. The summed E-state index contributed by atoms with van der Waals surface area (Å²) in [4.78, 5) is 34.5. The molecule has 2 atom stereocenters. The van der Waals surface area contributed by atoms with Gasteiger partial charge in [-0.15, -0.1) is 0 Å². The number of aliphatic carboxylic acids is 1. The highest BCUT2D eigenvalue weighted by Gasteiger charge is 2.29. The number of amides is 3. The van der Waals surface area contributed by atoms with Gasteiger partial charge >= 0.3 is 12.0 Å². The van der Waals surface area contributed by atoms with Crippen molar-refractivity contribution in [1.29, 1.82) is 0 Å². The van der Waals surface area contributed by atoms with Crippen LogP contribution in [0, 0.1) is 0 Å². The van der Waals surface area contributed by atoms with Crippen molar-refractivity contribution in [3.8, 4) is 0 Å². The van der Waals surface area contributed by atoms with E-state index in [1.165, 1.54) is 4.90 Å². The number of rotatable bonds is 4. The zero-order valence-corrected chi connectivity index (χ0v) is 10.1. The van der Waals surface area contributed by atoms with Crippen molar-refractivity contribution < 1.29 is 24.2 Å². The number of ether oxygens (including phenoxy) is 1. The van der Waals surface area contributed by atoms with Crippen molar-refractivity contribution in [1.82, 2.24) is 10.2 Å². The largest absolute Gasteiger partial charge is 0.479 e. The maximum atomic E-state index is 11.8. The first-order valence-electron chi connectivity index (χ1n) is 5.58. The Bertz CT molecular complexity index is 346. The van der Waals surface area contributed by atoms with Crippen molar-refractivity contribution in [3.05, 3.63) is 0 Å². The molecule has 2 unspecified atom stereocenters. The van der Waals surface area contributed by atoms with Crippen LogP contribution >= 0.6 is 0 Å². The number of carbonyl (C=O) groups is 3. The highest BCUT2D eigenvalue weighted by Crippen LogP contribution is 2.06. The van der Waals surface area contributed by atoms with Crippen LogP contribution in [0.15, 0.2) is 0 Å². The second-order valence-electron chi connectivity index (χ2n) is 4.16. The van der Waals surface area contributed by atoms with E-state index in [0.717, 1.165) is 0 Å². The summed E-state index contributed by atoms with van der Waals surface area (Å²) in [6.07, 6.45) is -0.964. The van der Waals surface area contributed by atoms with Crippen molar-refractivity contribution in [2.24, 2.45) is 5.73 Å². The summed E-state index contributed by atoms with van der Waals surface area (Å²) in [6.45, 7) is 2.13. The molecular formula is C10H17N3O5. The molecule has 8 heteroatoms. The molecule has 0 aromatic carbocycles. The zero-order valence-electron chi connectivity index (χ0n) is 10.1. The monoisotopic (exact) mass is 259 g/mol. The van der Waals surface area contributed by atoms with Gasteiger partial charge in [0.25, 0.3) is 0 Å². The van der Waals surface area contributed by atoms with E-state index in [2.05, 4.69) is 5.32 Å². The summed E-state index contributed by atoms with van der Waals surface area (Å²) in [7, 11) is 0. The van der Waals surface area contributed by atoms with Crippen LogP contribution in [-0.2, 0) is 14.3 Å². The minimum atomic E-state index is -1.10. The fourth-order valence-electron chi connectivity index (χ4n) is 1.64. The van der Waals surface area contributed by atoms with E-state index in [-0.39, 0.29) is 25.6 Å². The molecule has 1 saturated heterocycles. The molecule has 1 heterocycles. The highest BCUT2D eigenvalue weighted by atomic mass is 16.5. The molecule has 102 valence electrons. The third-order valence-electron chi connectivity index (χ3n) is 2.51. The van der Waals surface area contributed by atoms with Crippen molar-refractivity contribution in [3.63, 3.8) is 0 Å². The fourth-order valence-corrected chi connectivity index (χ4v) is 1.64. The molecule has 0 radical (unpaired) electrons. The number of nitrogens with zero attached hydrogens (tertiary/aromatic N) is 1. The van der Waals surface area contributed by atoms with Gasteiger partial charge in [-0.2, -0.15) is 0 Å². The van der Waals surface area contributed by atoms with E-state index in [1.54, 1.807) is 6.92 Å². The summed E-state index contributed by atoms with van der Waals surface area (Å²) in [6, 6.07) is -0.806. The van der Waals surface area contributed by atoms with Gasteiger partial charge < -0.3 is 25.8 Å². The Kier molecular flexibility index (Phi) is 4.90. The van der Waals surface area contributed by atoms with Gasteiger partial charge in [-0.1, -0.05) is 0 Å². The number of nitrogens with two attached hydrogens (primary N) is 1. The number of morpholine rings is 1. The maximum Gasteiger partial charge on any atom is 0.334 e. The molecule has 18 heavy (non-hydrogen) atoms. The number of urea groups is 1. The maximum absolute atomic E-state index is 11.8. The van der Waals surface area contributed by atoms with Crippen molar-refractivity contribution in [2.75, 3.05) is 19.7 Å². The predicted molar refractivity (Wildman–Crippen MR) is 60.8 cm³/mol. The van der Waals surface area contributed by atoms with Gasteiger partial charge in [0.2, 0.25) is 5.91 Å². The van der Waals surface area contributed by atoms with Gasteiger partial charge in [-0.05, 0) is 6.92 Å². The van der Waals surface area contributed by atoms with Gasteiger partial charge in [0, 0.05) is 19.0 Å². The lowest BCUT2D eigenvalue weighted by molar-refractivity contribution is -0.154. The molecule has 1 aliphatic heterocycles. The SMILES string of the molecule is CC(CC(N)=O)NC(=O)N1CCOC(C(=O)O)C1. The Morgan fingerprint density at radius 2 is 2.22 bits per heavy atom. The number of primary amides is 1. The third-order valence-corrected chi connectivity index (χ3v) is 2.51. The minimum Gasteiger partial charge on any atom is -0.479 e. The Hall–Kier alpha value is -1.83. The molecule has 3 amide bonds. The molecule has 8 nitrogen and oxygen atoms in total. The standard InChI is InChI=1S/C10H17N3O5/c1-6(4-8(11)14)12-10(17)13-2-3-18-7(5-13)9(15)16/h6-7H,2-5H2,1H3,(H2,11,14)(H,12,17)(H,15,16).